The number of amides is 2. The number of benzene rings is 2. The Labute approximate surface area is 292 Å². The number of aliphatic imine (C=N–C) groups is 1. The van der Waals surface area contributed by atoms with Crippen molar-refractivity contribution in [2.24, 2.45) is 10.9 Å². The molecular weight excluding hydrogens is 699 g/mol. The third kappa shape index (κ3) is 8.65. The number of amidine groups is 1. The first-order valence-corrected chi connectivity index (χ1v) is 16.2. The molecule has 4 aromatic rings. The van der Waals surface area contributed by atoms with E-state index in [0.717, 1.165) is 35.8 Å². The maximum absolute atomic E-state index is 12.9. The summed E-state index contributed by atoms with van der Waals surface area (Å²) in [6.45, 7) is 1.99. The van der Waals surface area contributed by atoms with E-state index in [1.54, 1.807) is 43.6 Å². The number of rotatable bonds is 7. The number of halogens is 4. The highest BCUT2D eigenvalue weighted by Crippen LogP contribution is 2.36. The van der Waals surface area contributed by atoms with Crippen molar-refractivity contribution in [3.05, 3.63) is 88.2 Å². The van der Waals surface area contributed by atoms with Gasteiger partial charge in [-0.15, -0.1) is 0 Å². The SMILES string of the molecule is CCOC(=O)c1cnc2ccc(/C=C3\SC(=Nc4cc(NC(=O)C5CCC5)ccc4Cl)NC3=O)cc2c1-c1ccncc1.O=C(O)C(F)(F)F. The molecule has 3 heterocycles. The van der Waals surface area contributed by atoms with Gasteiger partial charge < -0.3 is 20.5 Å². The summed E-state index contributed by atoms with van der Waals surface area (Å²) in [5.41, 5.74) is 4.27. The summed E-state index contributed by atoms with van der Waals surface area (Å²) < 4.78 is 37.0. The van der Waals surface area contributed by atoms with Crippen LogP contribution in [-0.2, 0) is 19.1 Å². The fourth-order valence-electron chi connectivity index (χ4n) is 4.83. The molecule has 6 rings (SSSR count). The van der Waals surface area contributed by atoms with Crippen LogP contribution in [0.5, 0.6) is 0 Å². The van der Waals surface area contributed by atoms with Crippen molar-refractivity contribution in [1.29, 1.82) is 0 Å². The summed E-state index contributed by atoms with van der Waals surface area (Å²) in [7, 11) is 0. The summed E-state index contributed by atoms with van der Waals surface area (Å²) >= 11 is 7.57. The van der Waals surface area contributed by atoms with Crippen LogP contribution in [0.15, 0.2) is 77.0 Å². The van der Waals surface area contributed by atoms with Crippen LogP contribution in [0.25, 0.3) is 28.1 Å². The molecule has 1 aliphatic heterocycles. The highest BCUT2D eigenvalue weighted by Gasteiger charge is 2.38. The molecule has 2 aromatic heterocycles. The Morgan fingerprint density at radius 1 is 1.14 bits per heavy atom. The molecule has 2 aliphatic rings. The standard InChI is InChI=1S/C32H26ClN5O4S.C2HF3O2/c1-2-42-31(41)23-17-35-25-9-6-18(14-22(25)28(23)19-10-12-34-13-11-19)15-27-30(40)38-32(43-27)37-26-16-21(7-8-24(26)33)36-29(39)20-4-3-5-20;3-2(4,5)1(6)7/h6-17,20H,2-5H2,1H3,(H,36,39)(H,37,38,40);(H,6,7)/b27-15-;. The van der Waals surface area contributed by atoms with Gasteiger partial charge in [-0.3, -0.25) is 19.6 Å². The van der Waals surface area contributed by atoms with E-state index in [1.165, 1.54) is 18.0 Å². The lowest BCUT2D eigenvalue weighted by molar-refractivity contribution is -0.192. The van der Waals surface area contributed by atoms with Crippen molar-refractivity contribution in [2.75, 3.05) is 11.9 Å². The van der Waals surface area contributed by atoms with E-state index in [1.807, 2.05) is 30.3 Å². The summed E-state index contributed by atoms with van der Waals surface area (Å²) in [6, 6.07) is 14.3. The lowest BCUT2D eigenvalue weighted by Crippen LogP contribution is -2.27. The van der Waals surface area contributed by atoms with Gasteiger partial charge in [-0.05, 0) is 91.2 Å². The highest BCUT2D eigenvalue weighted by molar-refractivity contribution is 8.18. The van der Waals surface area contributed by atoms with Crippen LogP contribution in [0.2, 0.25) is 5.02 Å². The Bertz CT molecular complexity index is 2040. The number of nitrogens with one attached hydrogen (secondary N) is 2. The Morgan fingerprint density at radius 2 is 1.86 bits per heavy atom. The zero-order chi connectivity index (χ0) is 36.0. The fourth-order valence-corrected chi connectivity index (χ4v) is 5.82. The van der Waals surface area contributed by atoms with Crippen LogP contribution in [-0.4, -0.2) is 56.8 Å². The molecule has 16 heteroatoms. The molecule has 50 heavy (non-hydrogen) atoms. The first-order chi connectivity index (χ1) is 23.8. The lowest BCUT2D eigenvalue weighted by atomic mass is 9.85. The average molecular weight is 726 g/mol. The van der Waals surface area contributed by atoms with Gasteiger partial charge in [0.15, 0.2) is 5.17 Å². The molecule has 0 bridgehead atoms. The fraction of sp³-hybridized carbons (Fsp3) is 0.206. The van der Waals surface area contributed by atoms with E-state index >= 15 is 0 Å². The number of hydrogen-bond donors (Lipinski definition) is 3. The van der Waals surface area contributed by atoms with Crippen molar-refractivity contribution in [3.63, 3.8) is 0 Å². The Balaban J connectivity index is 0.000000630. The number of carboxylic acid groups (broad SMARTS) is 1. The number of carbonyl (C=O) groups is 4. The number of esters is 1. The predicted molar refractivity (Wildman–Crippen MR) is 183 cm³/mol. The largest absolute Gasteiger partial charge is 0.490 e. The van der Waals surface area contributed by atoms with Crippen molar-refractivity contribution in [2.45, 2.75) is 32.4 Å². The number of carboxylic acids is 1. The van der Waals surface area contributed by atoms with Gasteiger partial charge in [0.2, 0.25) is 5.91 Å². The number of pyridine rings is 2. The average Bonchev–Trinajstić information content (AvgIpc) is 3.39. The topological polar surface area (TPSA) is 160 Å². The van der Waals surface area contributed by atoms with Crippen LogP contribution in [0.4, 0.5) is 24.5 Å². The number of carbonyl (C=O) groups excluding carboxylic acids is 3. The van der Waals surface area contributed by atoms with E-state index in [9.17, 15) is 27.6 Å². The number of hydrogen-bond acceptors (Lipinski definition) is 9. The van der Waals surface area contributed by atoms with Gasteiger partial charge in [-0.1, -0.05) is 24.1 Å². The van der Waals surface area contributed by atoms with Gasteiger partial charge in [0.05, 0.1) is 33.3 Å². The normalized spacial score (nSPS) is 16.0. The molecule has 1 aliphatic carbocycles. The summed E-state index contributed by atoms with van der Waals surface area (Å²) in [5.74, 6) is -3.49. The number of nitrogens with zero attached hydrogens (tertiary/aromatic N) is 3. The molecular formula is C34H27ClF3N5O6S. The van der Waals surface area contributed by atoms with E-state index in [4.69, 9.17) is 26.2 Å². The number of thioether (sulfide) groups is 1. The van der Waals surface area contributed by atoms with Crippen LogP contribution < -0.4 is 10.6 Å². The molecule has 2 amide bonds. The van der Waals surface area contributed by atoms with Gasteiger partial charge in [0.25, 0.3) is 5.91 Å². The first-order valence-electron chi connectivity index (χ1n) is 15.0. The Kier molecular flexibility index (Phi) is 11.2. The van der Waals surface area contributed by atoms with E-state index in [-0.39, 0.29) is 24.3 Å². The zero-order valence-corrected chi connectivity index (χ0v) is 27.7. The smallest absolute Gasteiger partial charge is 0.475 e. The van der Waals surface area contributed by atoms with Gasteiger partial charge >= 0.3 is 18.1 Å². The summed E-state index contributed by atoms with van der Waals surface area (Å²) in [6.07, 6.45) is 4.39. The lowest BCUT2D eigenvalue weighted by Gasteiger charge is -2.24. The molecule has 0 radical (unpaired) electrons. The minimum Gasteiger partial charge on any atom is -0.475 e. The molecule has 1 saturated heterocycles. The van der Waals surface area contributed by atoms with E-state index in [2.05, 4.69) is 25.6 Å². The summed E-state index contributed by atoms with van der Waals surface area (Å²) in [4.78, 5) is 60.6. The molecule has 2 fully saturated rings. The van der Waals surface area contributed by atoms with Crippen LogP contribution in [0, 0.1) is 5.92 Å². The number of fused-ring (bicyclic) bond motifs is 1. The molecule has 258 valence electrons. The van der Waals surface area contributed by atoms with Crippen molar-refractivity contribution in [1.82, 2.24) is 15.3 Å². The second-order valence-electron chi connectivity index (χ2n) is 10.8. The maximum atomic E-state index is 12.9. The van der Waals surface area contributed by atoms with Crippen molar-refractivity contribution < 1.29 is 42.2 Å². The van der Waals surface area contributed by atoms with E-state index < -0.39 is 18.1 Å². The third-order valence-electron chi connectivity index (χ3n) is 7.46. The van der Waals surface area contributed by atoms with Crippen LogP contribution in [0.3, 0.4) is 0 Å². The van der Waals surface area contributed by atoms with Gasteiger partial charge in [-0.2, -0.15) is 13.2 Å². The zero-order valence-electron chi connectivity index (χ0n) is 26.1. The maximum Gasteiger partial charge on any atom is 0.490 e. The monoisotopic (exact) mass is 725 g/mol. The molecule has 3 N–H and O–H groups in total. The van der Waals surface area contributed by atoms with E-state index in [0.29, 0.717) is 43.1 Å². The molecule has 2 aromatic carbocycles. The Morgan fingerprint density at radius 3 is 2.50 bits per heavy atom. The number of ether oxygens (including phenoxy) is 1. The van der Waals surface area contributed by atoms with Crippen LogP contribution >= 0.6 is 23.4 Å². The second-order valence-corrected chi connectivity index (χ2v) is 12.3. The van der Waals surface area contributed by atoms with Gasteiger partial charge in [-0.25, -0.2) is 14.6 Å². The predicted octanol–water partition coefficient (Wildman–Crippen LogP) is 7.39. The minimum atomic E-state index is -5.08. The molecule has 0 unspecified atom stereocenters. The molecule has 11 nitrogen and oxygen atoms in total. The van der Waals surface area contributed by atoms with Crippen LogP contribution in [0.1, 0.15) is 42.1 Å². The number of anilines is 1. The number of aliphatic carboxylic acids is 1. The van der Waals surface area contributed by atoms with Gasteiger partial charge in [0, 0.05) is 41.1 Å². The van der Waals surface area contributed by atoms with Gasteiger partial charge in [0.1, 0.15) is 0 Å². The highest BCUT2D eigenvalue weighted by atomic mass is 35.5. The molecule has 0 atom stereocenters. The summed E-state index contributed by atoms with van der Waals surface area (Å²) in [5, 5.41) is 14.3. The quantitative estimate of drug-likeness (QED) is 0.130. The molecule has 1 saturated carbocycles. The number of alkyl halides is 3. The Hall–Kier alpha value is -5.28. The first kappa shape index (κ1) is 36.0. The third-order valence-corrected chi connectivity index (χ3v) is 8.69. The number of aromatic nitrogens is 2. The van der Waals surface area contributed by atoms with Crippen molar-refractivity contribution >= 4 is 80.6 Å². The van der Waals surface area contributed by atoms with Crippen molar-refractivity contribution in [3.8, 4) is 11.1 Å². The minimum absolute atomic E-state index is 0.00649. The molecule has 0 spiro atoms. The second kappa shape index (κ2) is 15.5.